The summed E-state index contributed by atoms with van der Waals surface area (Å²) < 4.78 is 19.1. The van der Waals surface area contributed by atoms with Crippen molar-refractivity contribution >= 4 is 22.4 Å². The number of anilines is 1. The minimum atomic E-state index is -0.307. The molecule has 1 aromatic heterocycles. The Morgan fingerprint density at radius 3 is 2.85 bits per heavy atom. The summed E-state index contributed by atoms with van der Waals surface area (Å²) in [6, 6.07) is 6.16. The van der Waals surface area contributed by atoms with Crippen LogP contribution in [0.4, 0.5) is 9.52 Å². The second-order valence-corrected chi connectivity index (χ2v) is 6.97. The number of ether oxygens (including phenoxy) is 1. The van der Waals surface area contributed by atoms with Crippen molar-refractivity contribution in [3.05, 3.63) is 41.7 Å². The second kappa shape index (κ2) is 8.84. The summed E-state index contributed by atoms with van der Waals surface area (Å²) in [5, 5.41) is 3.04. The van der Waals surface area contributed by atoms with E-state index in [0.717, 1.165) is 37.7 Å². The van der Waals surface area contributed by atoms with E-state index in [4.69, 9.17) is 10.5 Å². The standard InChI is InChI=1S/C18H24FN5OS/c1-2-15(25-16-5-3-4-14(19)12-16)13-22-17(20)23-7-9-24(10-8-23)18-21-6-11-26-18/h3-6,11-12,15H,2,7-10,13H2,1H3,(H2,20,22). The number of halogens is 1. The SMILES string of the molecule is CCC(CN=C(N)N1CCN(c2nccs2)CC1)Oc1cccc(F)c1. The molecule has 1 unspecified atom stereocenters. The van der Waals surface area contributed by atoms with E-state index in [2.05, 4.69) is 19.8 Å². The smallest absolute Gasteiger partial charge is 0.191 e. The normalized spacial score (nSPS) is 16.6. The highest BCUT2D eigenvalue weighted by Gasteiger charge is 2.20. The summed E-state index contributed by atoms with van der Waals surface area (Å²) in [6.07, 6.45) is 2.46. The van der Waals surface area contributed by atoms with Crippen LogP contribution in [0.2, 0.25) is 0 Å². The highest BCUT2D eigenvalue weighted by molar-refractivity contribution is 7.13. The van der Waals surface area contributed by atoms with Crippen LogP contribution in [0.1, 0.15) is 13.3 Å². The Balaban J connectivity index is 1.50. The first kappa shape index (κ1) is 18.4. The van der Waals surface area contributed by atoms with Crippen LogP contribution in [-0.2, 0) is 0 Å². The summed E-state index contributed by atoms with van der Waals surface area (Å²) >= 11 is 1.65. The van der Waals surface area contributed by atoms with E-state index in [1.165, 1.54) is 12.1 Å². The van der Waals surface area contributed by atoms with Crippen LogP contribution in [-0.4, -0.2) is 54.7 Å². The number of guanidine groups is 1. The molecule has 0 radical (unpaired) electrons. The van der Waals surface area contributed by atoms with Gasteiger partial charge in [-0.3, -0.25) is 0 Å². The van der Waals surface area contributed by atoms with Crippen LogP contribution < -0.4 is 15.4 Å². The Morgan fingerprint density at radius 2 is 2.19 bits per heavy atom. The molecule has 6 nitrogen and oxygen atoms in total. The maximum Gasteiger partial charge on any atom is 0.191 e. The van der Waals surface area contributed by atoms with Gasteiger partial charge in [0.1, 0.15) is 17.7 Å². The molecule has 1 fully saturated rings. The number of benzene rings is 1. The number of hydrogen-bond donors (Lipinski definition) is 1. The molecule has 140 valence electrons. The topological polar surface area (TPSA) is 67.0 Å². The zero-order chi connectivity index (χ0) is 18.4. The second-order valence-electron chi connectivity index (χ2n) is 6.09. The molecule has 1 saturated heterocycles. The van der Waals surface area contributed by atoms with E-state index < -0.39 is 0 Å². The van der Waals surface area contributed by atoms with Gasteiger partial charge < -0.3 is 20.3 Å². The molecule has 1 atom stereocenters. The van der Waals surface area contributed by atoms with Gasteiger partial charge in [-0.15, -0.1) is 11.3 Å². The molecule has 2 N–H and O–H groups in total. The van der Waals surface area contributed by atoms with Crippen molar-refractivity contribution in [3.63, 3.8) is 0 Å². The van der Waals surface area contributed by atoms with Crippen LogP contribution in [0, 0.1) is 5.82 Å². The van der Waals surface area contributed by atoms with Gasteiger partial charge in [0.2, 0.25) is 0 Å². The summed E-state index contributed by atoms with van der Waals surface area (Å²) in [6.45, 7) is 5.85. The first-order chi connectivity index (χ1) is 12.7. The average molecular weight is 377 g/mol. The molecule has 1 aliphatic heterocycles. The zero-order valence-electron chi connectivity index (χ0n) is 14.8. The van der Waals surface area contributed by atoms with Gasteiger partial charge in [0, 0.05) is 43.8 Å². The number of rotatable bonds is 6. The third kappa shape index (κ3) is 4.85. The van der Waals surface area contributed by atoms with Gasteiger partial charge in [-0.25, -0.2) is 14.4 Å². The number of nitrogens with zero attached hydrogens (tertiary/aromatic N) is 4. The van der Waals surface area contributed by atoms with Crippen LogP contribution in [0.25, 0.3) is 0 Å². The van der Waals surface area contributed by atoms with E-state index in [1.807, 2.05) is 18.5 Å². The Hall–Kier alpha value is -2.35. The number of aromatic nitrogens is 1. The van der Waals surface area contributed by atoms with Crippen LogP contribution in [0.15, 0.2) is 40.8 Å². The Morgan fingerprint density at radius 1 is 1.38 bits per heavy atom. The molecule has 1 aromatic carbocycles. The molecule has 0 bridgehead atoms. The number of aliphatic imine (C=N–C) groups is 1. The third-order valence-corrected chi connectivity index (χ3v) is 5.14. The van der Waals surface area contributed by atoms with Crippen molar-refractivity contribution in [2.45, 2.75) is 19.4 Å². The lowest BCUT2D eigenvalue weighted by molar-refractivity contribution is 0.204. The van der Waals surface area contributed by atoms with Crippen LogP contribution in [0.3, 0.4) is 0 Å². The van der Waals surface area contributed by atoms with Crippen LogP contribution >= 0.6 is 11.3 Å². The Labute approximate surface area is 157 Å². The van der Waals surface area contributed by atoms with E-state index in [9.17, 15) is 4.39 Å². The van der Waals surface area contributed by atoms with Crippen molar-refractivity contribution in [3.8, 4) is 5.75 Å². The Bertz CT molecular complexity index is 716. The van der Waals surface area contributed by atoms with E-state index >= 15 is 0 Å². The number of hydrogen-bond acceptors (Lipinski definition) is 5. The molecule has 26 heavy (non-hydrogen) atoms. The molecule has 0 spiro atoms. The number of nitrogens with two attached hydrogens (primary N) is 1. The lowest BCUT2D eigenvalue weighted by Crippen LogP contribution is -2.51. The first-order valence-corrected chi connectivity index (χ1v) is 9.65. The largest absolute Gasteiger partial charge is 0.488 e. The molecule has 2 heterocycles. The quantitative estimate of drug-likeness (QED) is 0.619. The zero-order valence-corrected chi connectivity index (χ0v) is 15.7. The number of piperazine rings is 1. The molecular weight excluding hydrogens is 353 g/mol. The summed E-state index contributed by atoms with van der Waals surface area (Å²) in [7, 11) is 0. The predicted molar refractivity (Wildman–Crippen MR) is 103 cm³/mol. The summed E-state index contributed by atoms with van der Waals surface area (Å²) in [4.78, 5) is 13.2. The van der Waals surface area contributed by atoms with Gasteiger partial charge in [-0.1, -0.05) is 13.0 Å². The minimum Gasteiger partial charge on any atom is -0.488 e. The van der Waals surface area contributed by atoms with Crippen molar-refractivity contribution in [2.75, 3.05) is 37.6 Å². The van der Waals surface area contributed by atoms with Crippen molar-refractivity contribution < 1.29 is 9.13 Å². The van der Waals surface area contributed by atoms with Gasteiger partial charge in [0.05, 0.1) is 6.54 Å². The number of thiazole rings is 1. The first-order valence-electron chi connectivity index (χ1n) is 8.77. The molecule has 0 aliphatic carbocycles. The predicted octanol–water partition coefficient (Wildman–Crippen LogP) is 2.58. The molecule has 8 heteroatoms. The van der Waals surface area contributed by atoms with E-state index in [0.29, 0.717) is 18.3 Å². The monoisotopic (exact) mass is 377 g/mol. The van der Waals surface area contributed by atoms with E-state index in [1.54, 1.807) is 23.5 Å². The lowest BCUT2D eigenvalue weighted by Gasteiger charge is -2.35. The van der Waals surface area contributed by atoms with Crippen molar-refractivity contribution in [2.24, 2.45) is 10.7 Å². The third-order valence-electron chi connectivity index (χ3n) is 4.30. The van der Waals surface area contributed by atoms with E-state index in [-0.39, 0.29) is 11.9 Å². The van der Waals surface area contributed by atoms with Gasteiger partial charge in [0.25, 0.3) is 0 Å². The molecule has 0 saturated carbocycles. The van der Waals surface area contributed by atoms with Gasteiger partial charge in [0.15, 0.2) is 11.1 Å². The fourth-order valence-corrected chi connectivity index (χ4v) is 3.47. The average Bonchev–Trinajstić information content (AvgIpc) is 3.20. The molecular formula is C18H24FN5OS. The van der Waals surface area contributed by atoms with Gasteiger partial charge in [-0.2, -0.15) is 0 Å². The van der Waals surface area contributed by atoms with Gasteiger partial charge in [-0.05, 0) is 18.6 Å². The molecule has 1 aliphatic rings. The molecule has 3 rings (SSSR count). The lowest BCUT2D eigenvalue weighted by atomic mass is 10.2. The fraction of sp³-hybridized carbons (Fsp3) is 0.444. The minimum absolute atomic E-state index is 0.132. The molecule has 0 amide bonds. The maximum atomic E-state index is 13.3. The van der Waals surface area contributed by atoms with Crippen molar-refractivity contribution in [1.29, 1.82) is 0 Å². The molecule has 2 aromatic rings. The summed E-state index contributed by atoms with van der Waals surface area (Å²) in [5.41, 5.74) is 6.16. The maximum absolute atomic E-state index is 13.3. The fourth-order valence-electron chi connectivity index (χ4n) is 2.78. The highest BCUT2D eigenvalue weighted by Crippen LogP contribution is 2.19. The van der Waals surface area contributed by atoms with Gasteiger partial charge >= 0.3 is 0 Å². The van der Waals surface area contributed by atoms with Crippen LogP contribution in [0.5, 0.6) is 5.75 Å². The Kier molecular flexibility index (Phi) is 6.27. The van der Waals surface area contributed by atoms with Crippen molar-refractivity contribution in [1.82, 2.24) is 9.88 Å². The summed E-state index contributed by atoms with van der Waals surface area (Å²) in [5.74, 6) is 0.742. The highest BCUT2D eigenvalue weighted by atomic mass is 32.1.